The molecule has 104 valence electrons. The summed E-state index contributed by atoms with van der Waals surface area (Å²) in [6.45, 7) is 4.41. The molecule has 0 aromatic heterocycles. The maximum Gasteiger partial charge on any atom is 0.159 e. The first-order chi connectivity index (χ1) is 8.97. The molecule has 1 aromatic carbocycles. The van der Waals surface area contributed by atoms with Gasteiger partial charge < -0.3 is 0 Å². The fourth-order valence-electron chi connectivity index (χ4n) is 2.84. The first kappa shape index (κ1) is 14.2. The molecule has 19 heavy (non-hydrogen) atoms. The van der Waals surface area contributed by atoms with E-state index in [1.54, 1.807) is 0 Å². The summed E-state index contributed by atoms with van der Waals surface area (Å²) in [5, 5.41) is 0. The number of rotatable bonds is 3. The molecule has 1 aliphatic carbocycles. The summed E-state index contributed by atoms with van der Waals surface area (Å²) >= 11 is 0. The smallest absolute Gasteiger partial charge is 0.159 e. The Morgan fingerprint density at radius 1 is 1.16 bits per heavy atom. The molecule has 1 aromatic rings. The van der Waals surface area contributed by atoms with E-state index in [4.69, 9.17) is 0 Å². The van der Waals surface area contributed by atoms with Crippen molar-refractivity contribution in [2.75, 3.05) is 0 Å². The van der Waals surface area contributed by atoms with E-state index in [-0.39, 0.29) is 18.1 Å². The fraction of sp³-hybridized carbons (Fsp3) is 0.562. The minimum absolute atomic E-state index is 0.0827. The van der Waals surface area contributed by atoms with Crippen molar-refractivity contribution in [1.82, 2.24) is 0 Å². The lowest BCUT2D eigenvalue weighted by atomic mass is 9.73. The Bertz CT molecular complexity index is 470. The molecule has 0 amide bonds. The van der Waals surface area contributed by atoms with E-state index in [1.807, 2.05) is 0 Å². The van der Waals surface area contributed by atoms with E-state index in [0.29, 0.717) is 17.4 Å². The SMILES string of the molecule is CC1CCC(C(=O)Cc2ccc(F)c(F)c2)CC1C. The van der Waals surface area contributed by atoms with Crippen LogP contribution in [0.3, 0.4) is 0 Å². The van der Waals surface area contributed by atoms with Crippen LogP contribution in [-0.4, -0.2) is 5.78 Å². The van der Waals surface area contributed by atoms with Crippen LogP contribution in [0.4, 0.5) is 8.78 Å². The highest BCUT2D eigenvalue weighted by Gasteiger charge is 2.28. The van der Waals surface area contributed by atoms with Gasteiger partial charge in [0.15, 0.2) is 11.6 Å². The number of ketones is 1. The molecule has 3 unspecified atom stereocenters. The van der Waals surface area contributed by atoms with Gasteiger partial charge in [0.25, 0.3) is 0 Å². The van der Waals surface area contributed by atoms with Gasteiger partial charge in [0.05, 0.1) is 0 Å². The second kappa shape index (κ2) is 5.81. The van der Waals surface area contributed by atoms with E-state index in [1.165, 1.54) is 6.07 Å². The number of carbonyl (C=O) groups is 1. The van der Waals surface area contributed by atoms with Crippen molar-refractivity contribution in [2.45, 2.75) is 39.5 Å². The van der Waals surface area contributed by atoms with Crippen molar-refractivity contribution in [2.24, 2.45) is 17.8 Å². The summed E-state index contributed by atoms with van der Waals surface area (Å²) in [5.74, 6) is -0.267. The highest BCUT2D eigenvalue weighted by Crippen LogP contribution is 2.34. The van der Waals surface area contributed by atoms with Crippen LogP contribution in [0.2, 0.25) is 0 Å². The molecule has 2 rings (SSSR count). The van der Waals surface area contributed by atoms with Crippen molar-refractivity contribution in [3.8, 4) is 0 Å². The summed E-state index contributed by atoms with van der Waals surface area (Å²) in [5.41, 5.74) is 0.565. The van der Waals surface area contributed by atoms with Gasteiger partial charge in [-0.15, -0.1) is 0 Å². The van der Waals surface area contributed by atoms with Gasteiger partial charge in [-0.2, -0.15) is 0 Å². The molecule has 0 aliphatic heterocycles. The topological polar surface area (TPSA) is 17.1 Å². The van der Waals surface area contributed by atoms with Gasteiger partial charge in [0.1, 0.15) is 5.78 Å². The van der Waals surface area contributed by atoms with Crippen molar-refractivity contribution < 1.29 is 13.6 Å². The predicted molar refractivity (Wildman–Crippen MR) is 70.7 cm³/mol. The fourth-order valence-corrected chi connectivity index (χ4v) is 2.84. The van der Waals surface area contributed by atoms with Gasteiger partial charge in [-0.1, -0.05) is 19.9 Å². The average molecular weight is 266 g/mol. The van der Waals surface area contributed by atoms with Crippen LogP contribution in [0.1, 0.15) is 38.7 Å². The predicted octanol–water partition coefficient (Wildman–Crippen LogP) is 4.15. The van der Waals surface area contributed by atoms with Crippen LogP contribution < -0.4 is 0 Å². The van der Waals surface area contributed by atoms with E-state index >= 15 is 0 Å². The maximum absolute atomic E-state index is 13.1. The molecule has 1 fully saturated rings. The Morgan fingerprint density at radius 2 is 1.89 bits per heavy atom. The second-order valence-corrected chi connectivity index (χ2v) is 5.86. The van der Waals surface area contributed by atoms with Gasteiger partial charge in [0, 0.05) is 12.3 Å². The molecule has 1 aliphatic rings. The summed E-state index contributed by atoms with van der Waals surface area (Å²) < 4.78 is 25.9. The van der Waals surface area contributed by atoms with Crippen LogP contribution >= 0.6 is 0 Å². The maximum atomic E-state index is 13.1. The molecule has 0 heterocycles. The van der Waals surface area contributed by atoms with Crippen molar-refractivity contribution in [3.63, 3.8) is 0 Å². The Kier molecular flexibility index (Phi) is 4.33. The molecule has 1 nitrogen and oxygen atoms in total. The van der Waals surface area contributed by atoms with Crippen molar-refractivity contribution in [1.29, 1.82) is 0 Å². The zero-order chi connectivity index (χ0) is 14.0. The molecule has 3 heteroatoms. The third-order valence-electron chi connectivity index (χ3n) is 4.42. The Morgan fingerprint density at radius 3 is 2.53 bits per heavy atom. The molecule has 0 spiro atoms. The van der Waals surface area contributed by atoms with E-state index in [0.717, 1.165) is 31.4 Å². The lowest BCUT2D eigenvalue weighted by molar-refractivity contribution is -0.123. The summed E-state index contributed by atoms with van der Waals surface area (Å²) in [6, 6.07) is 3.71. The highest BCUT2D eigenvalue weighted by molar-refractivity contribution is 5.83. The number of benzene rings is 1. The molecule has 1 saturated carbocycles. The van der Waals surface area contributed by atoms with E-state index < -0.39 is 11.6 Å². The van der Waals surface area contributed by atoms with Gasteiger partial charge >= 0.3 is 0 Å². The first-order valence-corrected chi connectivity index (χ1v) is 6.94. The number of carbonyl (C=O) groups excluding carboxylic acids is 1. The van der Waals surface area contributed by atoms with Crippen LogP contribution in [0.15, 0.2) is 18.2 Å². The van der Waals surface area contributed by atoms with Crippen LogP contribution in [0, 0.1) is 29.4 Å². The summed E-state index contributed by atoms with van der Waals surface area (Å²) in [4.78, 5) is 12.2. The highest BCUT2D eigenvalue weighted by atomic mass is 19.2. The monoisotopic (exact) mass is 266 g/mol. The minimum atomic E-state index is -0.879. The van der Waals surface area contributed by atoms with Gasteiger partial charge in [0.2, 0.25) is 0 Å². The molecule has 0 radical (unpaired) electrons. The number of Topliss-reactive ketones (excluding diaryl/α,β-unsaturated/α-hetero) is 1. The largest absolute Gasteiger partial charge is 0.299 e. The first-order valence-electron chi connectivity index (χ1n) is 6.94. The van der Waals surface area contributed by atoms with Gasteiger partial charge in [-0.3, -0.25) is 4.79 Å². The Labute approximate surface area is 113 Å². The second-order valence-electron chi connectivity index (χ2n) is 5.86. The van der Waals surface area contributed by atoms with Gasteiger partial charge in [-0.05, 0) is 48.8 Å². The van der Waals surface area contributed by atoms with Crippen molar-refractivity contribution in [3.05, 3.63) is 35.4 Å². The minimum Gasteiger partial charge on any atom is -0.299 e. The summed E-state index contributed by atoms with van der Waals surface area (Å²) in [7, 11) is 0. The molecule has 0 N–H and O–H groups in total. The Hall–Kier alpha value is -1.25. The normalized spacial score (nSPS) is 27.3. The number of hydrogen-bond donors (Lipinski definition) is 0. The Balaban J connectivity index is 1.99. The van der Waals surface area contributed by atoms with Crippen LogP contribution in [0.5, 0.6) is 0 Å². The van der Waals surface area contributed by atoms with Crippen molar-refractivity contribution >= 4 is 5.78 Å². The third-order valence-corrected chi connectivity index (χ3v) is 4.42. The standard InChI is InChI=1S/C16H20F2O/c1-10-3-5-13(7-11(10)2)16(19)9-12-4-6-14(17)15(18)8-12/h4,6,8,10-11,13H,3,5,7,9H2,1-2H3. The third kappa shape index (κ3) is 3.40. The van der Waals surface area contributed by atoms with Crippen LogP contribution in [-0.2, 0) is 11.2 Å². The molecule has 0 bridgehead atoms. The zero-order valence-corrected chi connectivity index (χ0v) is 11.5. The quantitative estimate of drug-likeness (QED) is 0.803. The van der Waals surface area contributed by atoms with E-state index in [9.17, 15) is 13.6 Å². The van der Waals surface area contributed by atoms with E-state index in [2.05, 4.69) is 13.8 Å². The zero-order valence-electron chi connectivity index (χ0n) is 11.5. The summed E-state index contributed by atoms with van der Waals surface area (Å²) in [6.07, 6.45) is 3.13. The lowest BCUT2D eigenvalue weighted by Crippen LogP contribution is -2.27. The molecule has 3 atom stereocenters. The van der Waals surface area contributed by atoms with Gasteiger partial charge in [-0.25, -0.2) is 8.78 Å². The lowest BCUT2D eigenvalue weighted by Gasteiger charge is -2.31. The average Bonchev–Trinajstić information content (AvgIpc) is 2.37. The molecular formula is C16H20F2O. The number of halogens is 2. The van der Waals surface area contributed by atoms with Crippen LogP contribution in [0.25, 0.3) is 0 Å². The number of hydrogen-bond acceptors (Lipinski definition) is 1. The molecular weight excluding hydrogens is 246 g/mol. The molecule has 0 saturated heterocycles.